The Hall–Kier alpha value is -0.910. The summed E-state index contributed by atoms with van der Waals surface area (Å²) in [4.78, 5) is 6.86. The Kier molecular flexibility index (Phi) is 5.64. The van der Waals surface area contributed by atoms with E-state index < -0.39 is 0 Å². The second-order valence-corrected chi connectivity index (χ2v) is 4.69. The van der Waals surface area contributed by atoms with Crippen LogP contribution in [0.3, 0.4) is 0 Å². The number of hydrogen-bond acceptors (Lipinski definition) is 4. The average Bonchev–Trinajstić information content (AvgIpc) is 2.85. The fourth-order valence-corrected chi connectivity index (χ4v) is 2.17. The van der Waals surface area contributed by atoms with Crippen molar-refractivity contribution in [2.45, 2.75) is 26.4 Å². The SMILES string of the molecule is CCNCc1cn(CCCN2CCOCC2)cn1. The van der Waals surface area contributed by atoms with Crippen LogP contribution in [-0.4, -0.2) is 53.8 Å². The molecule has 0 spiro atoms. The molecule has 1 aromatic heterocycles. The number of nitrogens with zero attached hydrogens (tertiary/aromatic N) is 3. The highest BCUT2D eigenvalue weighted by Gasteiger charge is 2.09. The molecule has 5 nitrogen and oxygen atoms in total. The third-order valence-corrected chi connectivity index (χ3v) is 3.24. The van der Waals surface area contributed by atoms with Crippen LogP contribution < -0.4 is 5.32 Å². The van der Waals surface area contributed by atoms with Gasteiger partial charge in [0.2, 0.25) is 0 Å². The highest BCUT2D eigenvalue weighted by Crippen LogP contribution is 2.01. The lowest BCUT2D eigenvalue weighted by Gasteiger charge is -2.26. The van der Waals surface area contributed by atoms with Crippen molar-refractivity contribution in [2.24, 2.45) is 0 Å². The molecular formula is C13H24N4O. The van der Waals surface area contributed by atoms with Crippen molar-refractivity contribution in [3.05, 3.63) is 18.2 Å². The summed E-state index contributed by atoms with van der Waals surface area (Å²) < 4.78 is 7.53. The third kappa shape index (κ3) is 4.40. The Balaban J connectivity index is 1.64. The average molecular weight is 252 g/mol. The number of morpholine rings is 1. The van der Waals surface area contributed by atoms with E-state index in [4.69, 9.17) is 4.74 Å². The van der Waals surface area contributed by atoms with Crippen LogP contribution in [0.15, 0.2) is 12.5 Å². The number of rotatable bonds is 7. The number of aryl methyl sites for hydroxylation is 1. The van der Waals surface area contributed by atoms with Gasteiger partial charge in [-0.1, -0.05) is 6.92 Å². The first-order valence-corrected chi connectivity index (χ1v) is 6.90. The van der Waals surface area contributed by atoms with Crippen LogP contribution in [0.2, 0.25) is 0 Å². The van der Waals surface area contributed by atoms with E-state index in [0.717, 1.165) is 58.2 Å². The smallest absolute Gasteiger partial charge is 0.0949 e. The molecule has 18 heavy (non-hydrogen) atoms. The van der Waals surface area contributed by atoms with Crippen molar-refractivity contribution >= 4 is 0 Å². The monoisotopic (exact) mass is 252 g/mol. The summed E-state index contributed by atoms with van der Waals surface area (Å²) in [6, 6.07) is 0. The van der Waals surface area contributed by atoms with Crippen molar-refractivity contribution in [1.29, 1.82) is 0 Å². The Morgan fingerprint density at radius 2 is 2.17 bits per heavy atom. The van der Waals surface area contributed by atoms with Crippen LogP contribution >= 0.6 is 0 Å². The van der Waals surface area contributed by atoms with Crippen molar-refractivity contribution in [1.82, 2.24) is 19.8 Å². The second-order valence-electron chi connectivity index (χ2n) is 4.69. The van der Waals surface area contributed by atoms with Gasteiger partial charge < -0.3 is 14.6 Å². The molecule has 1 aliphatic rings. The zero-order valence-corrected chi connectivity index (χ0v) is 11.3. The molecule has 2 heterocycles. The van der Waals surface area contributed by atoms with Gasteiger partial charge in [-0.25, -0.2) is 4.98 Å². The predicted molar refractivity (Wildman–Crippen MR) is 71.5 cm³/mol. The molecular weight excluding hydrogens is 228 g/mol. The van der Waals surface area contributed by atoms with Crippen LogP contribution in [0.1, 0.15) is 19.0 Å². The van der Waals surface area contributed by atoms with E-state index in [1.165, 1.54) is 6.42 Å². The summed E-state index contributed by atoms with van der Waals surface area (Å²) in [6.07, 6.45) is 5.25. The van der Waals surface area contributed by atoms with Gasteiger partial charge in [-0.2, -0.15) is 0 Å². The first-order valence-electron chi connectivity index (χ1n) is 6.90. The van der Waals surface area contributed by atoms with Gasteiger partial charge in [0.25, 0.3) is 0 Å². The summed E-state index contributed by atoms with van der Waals surface area (Å²) in [5.74, 6) is 0. The summed E-state index contributed by atoms with van der Waals surface area (Å²) >= 11 is 0. The fourth-order valence-electron chi connectivity index (χ4n) is 2.17. The zero-order chi connectivity index (χ0) is 12.6. The predicted octanol–water partition coefficient (Wildman–Crippen LogP) is 0.715. The maximum absolute atomic E-state index is 5.34. The molecule has 1 aromatic rings. The summed E-state index contributed by atoms with van der Waals surface area (Å²) in [5.41, 5.74) is 1.13. The van der Waals surface area contributed by atoms with Crippen molar-refractivity contribution in [3.8, 4) is 0 Å². The Morgan fingerprint density at radius 1 is 1.33 bits per heavy atom. The van der Waals surface area contributed by atoms with Gasteiger partial charge >= 0.3 is 0 Å². The number of aromatic nitrogens is 2. The Bertz CT molecular complexity index is 333. The van der Waals surface area contributed by atoms with Crippen molar-refractivity contribution in [3.63, 3.8) is 0 Å². The first-order chi connectivity index (χ1) is 8.88. The maximum Gasteiger partial charge on any atom is 0.0949 e. The number of imidazole rings is 1. The molecule has 1 aliphatic heterocycles. The third-order valence-electron chi connectivity index (χ3n) is 3.24. The van der Waals surface area contributed by atoms with Crippen LogP contribution in [0, 0.1) is 0 Å². The minimum absolute atomic E-state index is 0.868. The number of nitrogens with one attached hydrogen (secondary N) is 1. The van der Waals surface area contributed by atoms with Gasteiger partial charge in [0.1, 0.15) is 0 Å². The fraction of sp³-hybridized carbons (Fsp3) is 0.769. The number of ether oxygens (including phenoxy) is 1. The Morgan fingerprint density at radius 3 is 2.94 bits per heavy atom. The lowest BCUT2D eigenvalue weighted by molar-refractivity contribution is 0.0369. The molecule has 0 aromatic carbocycles. The molecule has 0 amide bonds. The van der Waals surface area contributed by atoms with E-state index in [0.29, 0.717) is 0 Å². The van der Waals surface area contributed by atoms with Gasteiger partial charge in [0.05, 0.1) is 25.2 Å². The van der Waals surface area contributed by atoms with E-state index in [9.17, 15) is 0 Å². The van der Waals surface area contributed by atoms with Crippen LogP contribution in [0.25, 0.3) is 0 Å². The van der Waals surface area contributed by atoms with Crippen LogP contribution in [0.4, 0.5) is 0 Å². The quantitative estimate of drug-likeness (QED) is 0.776. The largest absolute Gasteiger partial charge is 0.379 e. The standard InChI is InChI=1S/C13H24N4O/c1-2-14-10-13-11-17(12-15-13)5-3-4-16-6-8-18-9-7-16/h11-12,14H,2-10H2,1H3. The maximum atomic E-state index is 5.34. The molecule has 0 aliphatic carbocycles. The van der Waals surface area contributed by atoms with Crippen molar-refractivity contribution < 1.29 is 4.74 Å². The van der Waals surface area contributed by atoms with Gasteiger partial charge in [-0.15, -0.1) is 0 Å². The van der Waals surface area contributed by atoms with E-state index in [1.54, 1.807) is 0 Å². The van der Waals surface area contributed by atoms with Gasteiger partial charge in [0, 0.05) is 38.9 Å². The van der Waals surface area contributed by atoms with Crippen LogP contribution in [-0.2, 0) is 17.8 Å². The van der Waals surface area contributed by atoms with E-state index in [2.05, 4.69) is 32.9 Å². The van der Waals surface area contributed by atoms with Gasteiger partial charge in [0.15, 0.2) is 0 Å². The van der Waals surface area contributed by atoms with Gasteiger partial charge in [-0.3, -0.25) is 4.90 Å². The minimum Gasteiger partial charge on any atom is -0.379 e. The molecule has 0 radical (unpaired) electrons. The number of hydrogen-bond donors (Lipinski definition) is 1. The minimum atomic E-state index is 0.868. The highest BCUT2D eigenvalue weighted by molar-refractivity contribution is 4.95. The molecule has 5 heteroatoms. The van der Waals surface area contributed by atoms with E-state index in [1.807, 2.05) is 6.33 Å². The topological polar surface area (TPSA) is 42.3 Å². The summed E-state index contributed by atoms with van der Waals surface area (Å²) in [5, 5.41) is 3.29. The molecule has 0 atom stereocenters. The van der Waals surface area contributed by atoms with E-state index >= 15 is 0 Å². The zero-order valence-electron chi connectivity index (χ0n) is 11.3. The molecule has 102 valence electrons. The molecule has 0 saturated carbocycles. The van der Waals surface area contributed by atoms with E-state index in [-0.39, 0.29) is 0 Å². The van der Waals surface area contributed by atoms with Crippen molar-refractivity contribution in [2.75, 3.05) is 39.4 Å². The summed E-state index contributed by atoms with van der Waals surface area (Å²) in [6.45, 7) is 10.1. The first kappa shape index (κ1) is 13.5. The normalized spacial score (nSPS) is 17.2. The molecule has 2 rings (SSSR count). The second kappa shape index (κ2) is 7.51. The van der Waals surface area contributed by atoms with Crippen LogP contribution in [0.5, 0.6) is 0 Å². The highest BCUT2D eigenvalue weighted by atomic mass is 16.5. The lowest BCUT2D eigenvalue weighted by Crippen LogP contribution is -2.37. The summed E-state index contributed by atoms with van der Waals surface area (Å²) in [7, 11) is 0. The lowest BCUT2D eigenvalue weighted by atomic mass is 10.3. The Labute approximate surface area is 109 Å². The molecule has 1 fully saturated rings. The van der Waals surface area contributed by atoms with Gasteiger partial charge in [-0.05, 0) is 13.0 Å². The molecule has 0 unspecified atom stereocenters. The molecule has 0 bridgehead atoms. The molecule has 1 N–H and O–H groups in total. The molecule has 1 saturated heterocycles.